The third-order valence-corrected chi connectivity index (χ3v) is 12.1. The Hall–Kier alpha value is -7.56. The Bertz CT molecular complexity index is 3300. The normalized spacial score (nSPS) is 13.1. The molecule has 0 atom stereocenters. The van der Waals surface area contributed by atoms with Crippen LogP contribution in [0.5, 0.6) is 0 Å². The molecule has 12 rings (SSSR count). The van der Waals surface area contributed by atoms with Crippen molar-refractivity contribution < 1.29 is 0 Å². The van der Waals surface area contributed by atoms with Crippen LogP contribution in [0.4, 0.5) is 0 Å². The second kappa shape index (κ2) is 12.2. The summed E-state index contributed by atoms with van der Waals surface area (Å²) < 4.78 is 4.69. The lowest BCUT2D eigenvalue weighted by atomic mass is 9.68. The molecule has 1 aliphatic carbocycles. The molecule has 4 aromatic heterocycles. The van der Waals surface area contributed by atoms with E-state index < -0.39 is 5.41 Å². The summed E-state index contributed by atoms with van der Waals surface area (Å²) in [5.74, 6) is 0.919. The van der Waals surface area contributed by atoms with Gasteiger partial charge in [-0.2, -0.15) is 0 Å². The predicted octanol–water partition coefficient (Wildman–Crippen LogP) is 12.7. The van der Waals surface area contributed by atoms with Gasteiger partial charge in [0.2, 0.25) is 0 Å². The molecule has 0 saturated carbocycles. The largest absolute Gasteiger partial charge is 0.309 e. The number of para-hydroxylation sites is 2. The maximum atomic E-state index is 5.08. The molecular formula is C53H34N4. The van der Waals surface area contributed by atoms with E-state index in [2.05, 4.69) is 191 Å². The van der Waals surface area contributed by atoms with Crippen LogP contribution in [-0.2, 0) is 5.41 Å². The molecule has 4 heterocycles. The molecule has 0 aliphatic heterocycles. The maximum absolute atomic E-state index is 5.08. The van der Waals surface area contributed by atoms with Gasteiger partial charge in [0.05, 0.1) is 33.2 Å². The van der Waals surface area contributed by atoms with E-state index in [9.17, 15) is 0 Å². The summed E-state index contributed by atoms with van der Waals surface area (Å²) in [5.41, 5.74) is 14.8. The molecule has 11 aromatic rings. The lowest BCUT2D eigenvalue weighted by Crippen LogP contribution is -2.28. The highest BCUT2D eigenvalue weighted by Gasteiger charge is 2.46. The van der Waals surface area contributed by atoms with Crippen molar-refractivity contribution in [1.29, 1.82) is 0 Å². The second-order valence-corrected chi connectivity index (χ2v) is 15.0. The first-order valence-electron chi connectivity index (χ1n) is 19.5. The first kappa shape index (κ1) is 31.8. The van der Waals surface area contributed by atoms with Gasteiger partial charge in [-0.25, -0.2) is 4.98 Å². The van der Waals surface area contributed by atoms with Gasteiger partial charge in [-0.15, -0.1) is 0 Å². The van der Waals surface area contributed by atoms with Crippen molar-refractivity contribution in [2.75, 3.05) is 0 Å². The molecule has 4 heteroatoms. The molecule has 0 radical (unpaired) electrons. The maximum Gasteiger partial charge on any atom is 0.137 e. The molecule has 57 heavy (non-hydrogen) atoms. The van der Waals surface area contributed by atoms with Crippen molar-refractivity contribution in [3.05, 3.63) is 229 Å². The molecular weight excluding hydrogens is 693 g/mol. The summed E-state index contributed by atoms with van der Waals surface area (Å²) in [7, 11) is 0. The third kappa shape index (κ3) is 4.50. The summed E-state index contributed by atoms with van der Waals surface area (Å²) in [6.07, 6.45) is 3.79. The number of hydrogen-bond donors (Lipinski definition) is 0. The lowest BCUT2D eigenvalue weighted by Gasteiger charge is -2.33. The monoisotopic (exact) mass is 726 g/mol. The molecule has 0 spiro atoms. The van der Waals surface area contributed by atoms with E-state index in [-0.39, 0.29) is 0 Å². The quantitative estimate of drug-likeness (QED) is 0.177. The molecule has 0 bridgehead atoms. The SMILES string of the molecule is c1ccc(C2(c3ccccc3)c3ccc(-n4c5ccccc5c5cc(-c6ccc7c(c6)c6ccccc6n7-c6ccccn6)ccc54)cc3-c3ncccc32)cc1. The van der Waals surface area contributed by atoms with Gasteiger partial charge in [0.25, 0.3) is 0 Å². The molecule has 4 nitrogen and oxygen atoms in total. The minimum Gasteiger partial charge on any atom is -0.309 e. The van der Waals surface area contributed by atoms with Gasteiger partial charge in [-0.3, -0.25) is 9.55 Å². The molecule has 0 N–H and O–H groups in total. The Morgan fingerprint density at radius 1 is 0.368 bits per heavy atom. The molecule has 0 fully saturated rings. The van der Waals surface area contributed by atoms with Crippen LogP contribution in [0.1, 0.15) is 22.3 Å². The zero-order chi connectivity index (χ0) is 37.5. The Balaban J connectivity index is 1.04. The van der Waals surface area contributed by atoms with Crippen LogP contribution in [0.2, 0.25) is 0 Å². The van der Waals surface area contributed by atoms with Crippen LogP contribution < -0.4 is 0 Å². The molecule has 0 amide bonds. The van der Waals surface area contributed by atoms with Gasteiger partial charge in [0.1, 0.15) is 5.82 Å². The fourth-order valence-electron chi connectivity index (χ4n) is 9.74. The number of rotatable bonds is 5. The molecule has 0 saturated heterocycles. The van der Waals surface area contributed by atoms with E-state index in [0.717, 1.165) is 33.8 Å². The van der Waals surface area contributed by atoms with Crippen molar-refractivity contribution in [3.63, 3.8) is 0 Å². The number of aromatic nitrogens is 4. The first-order valence-corrected chi connectivity index (χ1v) is 19.5. The topological polar surface area (TPSA) is 35.6 Å². The number of hydrogen-bond acceptors (Lipinski definition) is 2. The van der Waals surface area contributed by atoms with Crippen LogP contribution in [0.25, 0.3) is 77.5 Å². The Morgan fingerprint density at radius 2 is 0.930 bits per heavy atom. The fourth-order valence-corrected chi connectivity index (χ4v) is 9.74. The van der Waals surface area contributed by atoms with Crippen LogP contribution in [0, 0.1) is 0 Å². The van der Waals surface area contributed by atoms with E-state index in [1.54, 1.807) is 0 Å². The number of fused-ring (bicyclic) bond motifs is 9. The standard InChI is InChI=1S/C53H34N4/c1-3-14-37(15-4-1)53(38-16-5-2-6-17-38)45-27-26-39(34-44(45)52-46(53)20-13-31-55-52)56-47-21-9-7-18-40(47)42-32-35(24-28-49(42)56)36-25-29-50-43(33-36)41-19-8-10-22-48(41)57(50)51-23-11-12-30-54-51/h1-34H. The van der Waals surface area contributed by atoms with E-state index in [4.69, 9.17) is 9.97 Å². The van der Waals surface area contributed by atoms with Crippen molar-refractivity contribution in [2.45, 2.75) is 5.41 Å². The molecule has 7 aromatic carbocycles. The average molecular weight is 727 g/mol. The smallest absolute Gasteiger partial charge is 0.137 e. The second-order valence-electron chi connectivity index (χ2n) is 15.0. The highest BCUT2D eigenvalue weighted by Crippen LogP contribution is 2.56. The Morgan fingerprint density at radius 3 is 1.58 bits per heavy atom. The van der Waals surface area contributed by atoms with E-state index in [1.165, 1.54) is 66.0 Å². The zero-order valence-electron chi connectivity index (χ0n) is 30.9. The van der Waals surface area contributed by atoms with Gasteiger partial charge in [0.15, 0.2) is 0 Å². The molecule has 1 aliphatic rings. The summed E-state index contributed by atoms with van der Waals surface area (Å²) in [4.78, 5) is 9.80. The minimum absolute atomic E-state index is 0.485. The fraction of sp³-hybridized carbons (Fsp3) is 0.0189. The predicted molar refractivity (Wildman–Crippen MR) is 233 cm³/mol. The van der Waals surface area contributed by atoms with Crippen molar-refractivity contribution >= 4 is 43.6 Å². The summed E-state index contributed by atoms with van der Waals surface area (Å²) in [6, 6.07) is 70.4. The van der Waals surface area contributed by atoms with Crippen molar-refractivity contribution in [2.24, 2.45) is 0 Å². The van der Waals surface area contributed by atoms with Crippen LogP contribution in [0.15, 0.2) is 207 Å². The van der Waals surface area contributed by atoms with Gasteiger partial charge in [-0.05, 0) is 100 Å². The highest BCUT2D eigenvalue weighted by molar-refractivity contribution is 6.12. The number of benzene rings is 7. The summed E-state index contributed by atoms with van der Waals surface area (Å²) >= 11 is 0. The number of nitrogens with zero attached hydrogens (tertiary/aromatic N) is 4. The Labute approximate surface area is 329 Å². The third-order valence-electron chi connectivity index (χ3n) is 12.1. The van der Waals surface area contributed by atoms with E-state index >= 15 is 0 Å². The molecule has 266 valence electrons. The number of pyridine rings is 2. The summed E-state index contributed by atoms with van der Waals surface area (Å²) in [6.45, 7) is 0. The summed E-state index contributed by atoms with van der Waals surface area (Å²) in [5, 5.41) is 4.88. The van der Waals surface area contributed by atoms with E-state index in [1.807, 2.05) is 24.5 Å². The zero-order valence-corrected chi connectivity index (χ0v) is 30.9. The lowest BCUT2D eigenvalue weighted by molar-refractivity contribution is 0.766. The van der Waals surface area contributed by atoms with Gasteiger partial charge < -0.3 is 4.57 Å². The van der Waals surface area contributed by atoms with Crippen molar-refractivity contribution in [1.82, 2.24) is 19.1 Å². The van der Waals surface area contributed by atoms with Gasteiger partial charge in [0, 0.05) is 45.2 Å². The highest BCUT2D eigenvalue weighted by atomic mass is 15.1. The first-order chi connectivity index (χ1) is 28.3. The Kier molecular flexibility index (Phi) is 6.81. The van der Waals surface area contributed by atoms with Crippen LogP contribution in [0.3, 0.4) is 0 Å². The van der Waals surface area contributed by atoms with Gasteiger partial charge >= 0.3 is 0 Å². The molecule has 0 unspecified atom stereocenters. The van der Waals surface area contributed by atoms with Crippen LogP contribution in [-0.4, -0.2) is 19.1 Å². The van der Waals surface area contributed by atoms with Crippen molar-refractivity contribution in [3.8, 4) is 33.9 Å². The minimum atomic E-state index is -0.485. The van der Waals surface area contributed by atoms with Crippen LogP contribution >= 0.6 is 0 Å². The van der Waals surface area contributed by atoms with E-state index in [0.29, 0.717) is 0 Å². The average Bonchev–Trinajstić information content (AvgIpc) is 3.91. The van der Waals surface area contributed by atoms with Gasteiger partial charge in [-0.1, -0.05) is 127 Å².